The van der Waals surface area contributed by atoms with E-state index in [1.165, 1.54) is 20.4 Å². The second-order valence-electron chi connectivity index (χ2n) is 5.17. The minimum absolute atomic E-state index is 0.0248. The number of ether oxygens (including phenoxy) is 4. The number of hydrogen-bond donors (Lipinski definition) is 2. The molecule has 0 spiro atoms. The molecule has 8 heteroatoms. The average Bonchev–Trinajstić information content (AvgIpc) is 2.68. The molecule has 8 nitrogen and oxygen atoms in total. The summed E-state index contributed by atoms with van der Waals surface area (Å²) in [5.74, 6) is 0.822. The molecule has 1 amide bonds. The number of rotatable bonds is 11. The molecular formula is C18H25N3O5. The largest absolute Gasteiger partial charge is 0.493 e. The van der Waals surface area contributed by atoms with Crippen LogP contribution < -0.4 is 20.1 Å². The first-order chi connectivity index (χ1) is 12.6. The van der Waals surface area contributed by atoms with Crippen molar-refractivity contribution in [3.8, 4) is 17.6 Å². The predicted molar refractivity (Wildman–Crippen MR) is 95.8 cm³/mol. The number of methoxy groups -OCH3 is 4. The molecule has 0 aliphatic rings. The molecule has 0 aliphatic carbocycles. The van der Waals surface area contributed by atoms with E-state index < -0.39 is 12.2 Å². The first kappa shape index (κ1) is 21.3. The van der Waals surface area contributed by atoms with Crippen LogP contribution in [0.5, 0.6) is 11.5 Å². The van der Waals surface area contributed by atoms with Crippen molar-refractivity contribution in [1.82, 2.24) is 10.6 Å². The number of benzene rings is 1. The van der Waals surface area contributed by atoms with Crippen molar-refractivity contribution in [2.45, 2.75) is 12.7 Å². The Morgan fingerprint density at radius 3 is 2.46 bits per heavy atom. The summed E-state index contributed by atoms with van der Waals surface area (Å²) in [4.78, 5) is 12.1. The summed E-state index contributed by atoms with van der Waals surface area (Å²) in [6, 6.07) is 7.42. The van der Waals surface area contributed by atoms with E-state index in [4.69, 9.17) is 24.2 Å². The summed E-state index contributed by atoms with van der Waals surface area (Å²) in [7, 11) is 6.15. The monoisotopic (exact) mass is 363 g/mol. The number of nitrogens with one attached hydrogen (secondary N) is 2. The van der Waals surface area contributed by atoms with Crippen LogP contribution in [0.4, 0.5) is 0 Å². The topological polar surface area (TPSA) is 102 Å². The molecule has 0 bridgehead atoms. The van der Waals surface area contributed by atoms with Gasteiger partial charge in [0, 0.05) is 27.0 Å². The summed E-state index contributed by atoms with van der Waals surface area (Å²) in [6.07, 6.45) is 1.48. The van der Waals surface area contributed by atoms with Crippen molar-refractivity contribution in [2.24, 2.45) is 0 Å². The Bertz CT molecular complexity index is 651. The zero-order valence-corrected chi connectivity index (χ0v) is 15.5. The molecule has 0 aliphatic heterocycles. The molecule has 1 rings (SSSR count). The zero-order valence-electron chi connectivity index (χ0n) is 15.5. The van der Waals surface area contributed by atoms with Crippen LogP contribution in [0, 0.1) is 11.3 Å². The van der Waals surface area contributed by atoms with Gasteiger partial charge in [-0.05, 0) is 24.1 Å². The lowest BCUT2D eigenvalue weighted by molar-refractivity contribution is -0.117. The Hall–Kier alpha value is -2.76. The Kier molecular flexibility index (Phi) is 9.61. The molecule has 142 valence electrons. The molecule has 0 fully saturated rings. The van der Waals surface area contributed by atoms with Gasteiger partial charge >= 0.3 is 0 Å². The second-order valence-corrected chi connectivity index (χ2v) is 5.17. The fourth-order valence-electron chi connectivity index (χ4n) is 2.12. The lowest BCUT2D eigenvalue weighted by Gasteiger charge is -2.13. The van der Waals surface area contributed by atoms with Crippen molar-refractivity contribution >= 4 is 5.91 Å². The van der Waals surface area contributed by atoms with Gasteiger partial charge in [-0.3, -0.25) is 4.79 Å². The van der Waals surface area contributed by atoms with Crippen molar-refractivity contribution in [2.75, 3.05) is 41.5 Å². The highest BCUT2D eigenvalue weighted by atomic mass is 16.7. The Morgan fingerprint density at radius 2 is 1.88 bits per heavy atom. The van der Waals surface area contributed by atoms with Crippen LogP contribution in [0.1, 0.15) is 5.56 Å². The number of nitrogens with zero attached hydrogens (tertiary/aromatic N) is 1. The van der Waals surface area contributed by atoms with Crippen LogP contribution in [0.15, 0.2) is 30.0 Å². The van der Waals surface area contributed by atoms with Gasteiger partial charge in [0.15, 0.2) is 17.8 Å². The van der Waals surface area contributed by atoms with E-state index in [0.29, 0.717) is 31.0 Å². The third-order valence-electron chi connectivity index (χ3n) is 3.57. The maximum atomic E-state index is 12.1. The van der Waals surface area contributed by atoms with Crippen LogP contribution in [0.3, 0.4) is 0 Å². The van der Waals surface area contributed by atoms with Gasteiger partial charge in [-0.15, -0.1) is 0 Å². The molecule has 0 heterocycles. The van der Waals surface area contributed by atoms with Crippen molar-refractivity contribution < 1.29 is 23.7 Å². The lowest BCUT2D eigenvalue weighted by Crippen LogP contribution is -2.30. The second kappa shape index (κ2) is 11.7. The first-order valence-electron chi connectivity index (χ1n) is 7.97. The van der Waals surface area contributed by atoms with Gasteiger partial charge in [-0.2, -0.15) is 5.26 Å². The summed E-state index contributed by atoms with van der Waals surface area (Å²) in [5, 5.41) is 14.6. The minimum Gasteiger partial charge on any atom is -0.493 e. The van der Waals surface area contributed by atoms with E-state index in [9.17, 15) is 4.79 Å². The molecule has 0 aromatic heterocycles. The third kappa shape index (κ3) is 6.63. The van der Waals surface area contributed by atoms with Crippen LogP contribution in [0.25, 0.3) is 0 Å². The minimum atomic E-state index is -0.459. The summed E-state index contributed by atoms with van der Waals surface area (Å²) in [6.45, 7) is 0.698. The van der Waals surface area contributed by atoms with E-state index >= 15 is 0 Å². The summed E-state index contributed by atoms with van der Waals surface area (Å²) in [5.41, 5.74) is 0.954. The van der Waals surface area contributed by atoms with Gasteiger partial charge in [0.25, 0.3) is 5.91 Å². The molecule has 0 saturated carbocycles. The first-order valence-corrected chi connectivity index (χ1v) is 7.97. The van der Waals surface area contributed by atoms with Crippen LogP contribution in [0.2, 0.25) is 0 Å². The molecule has 0 unspecified atom stereocenters. The lowest BCUT2D eigenvalue weighted by atomic mass is 10.1. The van der Waals surface area contributed by atoms with E-state index in [1.54, 1.807) is 14.2 Å². The van der Waals surface area contributed by atoms with Gasteiger partial charge in [0.05, 0.1) is 20.8 Å². The van der Waals surface area contributed by atoms with E-state index in [0.717, 1.165) is 5.56 Å². The van der Waals surface area contributed by atoms with Gasteiger partial charge in [-0.25, -0.2) is 0 Å². The Labute approximate surface area is 153 Å². The molecule has 26 heavy (non-hydrogen) atoms. The summed E-state index contributed by atoms with van der Waals surface area (Å²) < 4.78 is 20.5. The highest BCUT2D eigenvalue weighted by Crippen LogP contribution is 2.27. The SMILES string of the molecule is COc1ccc(CCNC(=O)/C(C#N)=C\NCC(OC)OC)cc1OC. The fourth-order valence-corrected chi connectivity index (χ4v) is 2.12. The molecule has 0 atom stereocenters. The number of nitriles is 1. The van der Waals surface area contributed by atoms with E-state index in [-0.39, 0.29) is 5.57 Å². The maximum absolute atomic E-state index is 12.1. The van der Waals surface area contributed by atoms with Crippen molar-refractivity contribution in [3.63, 3.8) is 0 Å². The van der Waals surface area contributed by atoms with Gasteiger partial charge in [0.2, 0.25) is 0 Å². The highest BCUT2D eigenvalue weighted by Gasteiger charge is 2.10. The van der Waals surface area contributed by atoms with Gasteiger partial charge in [-0.1, -0.05) is 6.07 Å². The molecule has 1 aromatic rings. The van der Waals surface area contributed by atoms with Crippen LogP contribution in [-0.2, 0) is 20.7 Å². The molecular weight excluding hydrogens is 338 g/mol. The predicted octanol–water partition coefficient (Wildman–Crippen LogP) is 0.978. The molecule has 0 radical (unpaired) electrons. The summed E-state index contributed by atoms with van der Waals surface area (Å²) >= 11 is 0. The number of amides is 1. The normalized spacial score (nSPS) is 11.0. The van der Waals surface area contributed by atoms with E-state index in [1.807, 2.05) is 24.3 Å². The van der Waals surface area contributed by atoms with Crippen LogP contribution in [-0.4, -0.2) is 53.7 Å². The van der Waals surface area contributed by atoms with Crippen molar-refractivity contribution in [1.29, 1.82) is 5.26 Å². The standard InChI is InChI=1S/C18H25N3O5/c1-23-15-6-5-13(9-16(15)24-2)7-8-21-18(22)14(10-19)11-20-12-17(25-3)26-4/h5-6,9,11,17,20H,7-8,12H2,1-4H3,(H,21,22)/b14-11-. The average molecular weight is 363 g/mol. The number of carbonyl (C=O) groups excluding carboxylic acids is 1. The van der Waals surface area contributed by atoms with Gasteiger partial charge in [0.1, 0.15) is 11.6 Å². The molecule has 2 N–H and O–H groups in total. The van der Waals surface area contributed by atoms with Crippen LogP contribution >= 0.6 is 0 Å². The highest BCUT2D eigenvalue weighted by molar-refractivity contribution is 5.97. The number of carbonyl (C=O) groups is 1. The number of hydrogen-bond acceptors (Lipinski definition) is 7. The molecule has 1 aromatic carbocycles. The zero-order chi connectivity index (χ0) is 19.4. The maximum Gasteiger partial charge on any atom is 0.263 e. The fraction of sp³-hybridized carbons (Fsp3) is 0.444. The molecule has 0 saturated heterocycles. The third-order valence-corrected chi connectivity index (χ3v) is 3.57. The smallest absolute Gasteiger partial charge is 0.263 e. The van der Waals surface area contributed by atoms with E-state index in [2.05, 4.69) is 10.6 Å². The Balaban J connectivity index is 2.53. The Morgan fingerprint density at radius 1 is 1.19 bits per heavy atom. The van der Waals surface area contributed by atoms with Crippen molar-refractivity contribution in [3.05, 3.63) is 35.5 Å². The quantitative estimate of drug-likeness (QED) is 0.343. The van der Waals surface area contributed by atoms with Gasteiger partial charge < -0.3 is 29.6 Å².